The molecule has 0 aromatic carbocycles. The Labute approximate surface area is 120 Å². The summed E-state index contributed by atoms with van der Waals surface area (Å²) in [6, 6.07) is -0.300. The molecule has 0 bridgehead atoms. The van der Waals surface area contributed by atoms with Gasteiger partial charge in [0.15, 0.2) is 17.0 Å². The standard InChI is InChI=1S/C13H15FN6O/c1-19(2)6-18-12-11-13(16-5-15-12)20(7-17-11)8-3-9(14)10(21)4-8/h3,5-8,10,21H,4H2,1-2H3/b18-6-/t8-,10-/m1/s1. The highest BCUT2D eigenvalue weighted by Gasteiger charge is 2.27. The average Bonchev–Trinajstić information content (AvgIpc) is 3.01. The van der Waals surface area contributed by atoms with Crippen LogP contribution in [0.2, 0.25) is 0 Å². The number of rotatable bonds is 3. The summed E-state index contributed by atoms with van der Waals surface area (Å²) in [5.74, 6) is -0.0581. The molecule has 0 saturated heterocycles. The molecule has 1 N–H and O–H groups in total. The van der Waals surface area contributed by atoms with E-state index in [4.69, 9.17) is 0 Å². The normalized spacial score (nSPS) is 22.2. The fraction of sp³-hybridized carbons (Fsp3) is 0.385. The molecule has 110 valence electrons. The Bertz CT molecular complexity index is 723. The molecule has 1 aliphatic carbocycles. The number of allylic oxidation sites excluding steroid dienone is 1. The molecule has 8 heteroatoms. The summed E-state index contributed by atoms with van der Waals surface area (Å²) in [5, 5.41) is 9.50. The van der Waals surface area contributed by atoms with Crippen molar-refractivity contribution in [1.82, 2.24) is 24.4 Å². The maximum absolute atomic E-state index is 13.4. The van der Waals surface area contributed by atoms with Crippen LogP contribution in [-0.4, -0.2) is 56.1 Å². The molecule has 0 fully saturated rings. The van der Waals surface area contributed by atoms with Gasteiger partial charge in [-0.05, 0) is 6.08 Å². The topological polar surface area (TPSA) is 79.4 Å². The lowest BCUT2D eigenvalue weighted by molar-refractivity contribution is 0.177. The van der Waals surface area contributed by atoms with E-state index >= 15 is 0 Å². The number of aliphatic hydroxyl groups is 1. The smallest absolute Gasteiger partial charge is 0.184 e. The van der Waals surface area contributed by atoms with Gasteiger partial charge in [0.2, 0.25) is 0 Å². The molecule has 0 saturated carbocycles. The van der Waals surface area contributed by atoms with Crippen LogP contribution in [0.3, 0.4) is 0 Å². The second-order valence-corrected chi connectivity index (χ2v) is 5.10. The van der Waals surface area contributed by atoms with Crippen LogP contribution in [0, 0.1) is 0 Å². The summed E-state index contributed by atoms with van der Waals surface area (Å²) in [5.41, 5.74) is 1.12. The Morgan fingerprint density at radius 1 is 1.43 bits per heavy atom. The Balaban J connectivity index is 2.02. The van der Waals surface area contributed by atoms with Gasteiger partial charge in [-0.25, -0.2) is 24.3 Å². The summed E-state index contributed by atoms with van der Waals surface area (Å²) >= 11 is 0. The van der Waals surface area contributed by atoms with Crippen molar-refractivity contribution in [1.29, 1.82) is 0 Å². The number of nitrogens with zero attached hydrogens (tertiary/aromatic N) is 6. The van der Waals surface area contributed by atoms with Crippen molar-refractivity contribution in [2.45, 2.75) is 18.6 Å². The van der Waals surface area contributed by atoms with E-state index in [1.54, 1.807) is 22.1 Å². The maximum atomic E-state index is 13.4. The highest BCUT2D eigenvalue weighted by molar-refractivity contribution is 5.83. The predicted molar refractivity (Wildman–Crippen MR) is 76.0 cm³/mol. The molecule has 2 atom stereocenters. The van der Waals surface area contributed by atoms with Crippen LogP contribution in [0.15, 0.2) is 29.5 Å². The van der Waals surface area contributed by atoms with Crippen molar-refractivity contribution in [2.24, 2.45) is 4.99 Å². The summed E-state index contributed by atoms with van der Waals surface area (Å²) in [6.07, 6.45) is 5.20. The third-order valence-electron chi connectivity index (χ3n) is 3.24. The first-order valence-corrected chi connectivity index (χ1v) is 6.49. The van der Waals surface area contributed by atoms with Gasteiger partial charge >= 0.3 is 0 Å². The molecule has 0 spiro atoms. The zero-order valence-electron chi connectivity index (χ0n) is 11.7. The SMILES string of the molecule is CN(C)/C=N\c1ncnc2c1ncn2[C@@H]1C=C(F)[C@H](O)C1. The quantitative estimate of drug-likeness (QED) is 0.679. The summed E-state index contributed by atoms with van der Waals surface area (Å²) in [4.78, 5) is 18.6. The summed E-state index contributed by atoms with van der Waals surface area (Å²) < 4.78 is 15.1. The second kappa shape index (κ2) is 5.21. The third kappa shape index (κ3) is 2.49. The minimum absolute atomic E-state index is 0.275. The second-order valence-electron chi connectivity index (χ2n) is 5.10. The van der Waals surface area contributed by atoms with Gasteiger partial charge in [-0.2, -0.15) is 0 Å². The number of halogens is 1. The van der Waals surface area contributed by atoms with Crippen molar-refractivity contribution in [3.8, 4) is 0 Å². The summed E-state index contributed by atoms with van der Waals surface area (Å²) in [7, 11) is 3.71. The molecule has 2 heterocycles. The van der Waals surface area contributed by atoms with Crippen molar-refractivity contribution >= 4 is 23.3 Å². The van der Waals surface area contributed by atoms with E-state index in [1.807, 2.05) is 14.1 Å². The van der Waals surface area contributed by atoms with Gasteiger partial charge < -0.3 is 14.6 Å². The number of hydrogen-bond donors (Lipinski definition) is 1. The van der Waals surface area contributed by atoms with Gasteiger partial charge in [0, 0.05) is 20.5 Å². The lowest BCUT2D eigenvalue weighted by Crippen LogP contribution is -2.08. The average molecular weight is 290 g/mol. The van der Waals surface area contributed by atoms with Gasteiger partial charge in [-0.1, -0.05) is 0 Å². The molecule has 7 nitrogen and oxygen atoms in total. The van der Waals surface area contributed by atoms with Gasteiger partial charge in [0.1, 0.15) is 18.3 Å². The van der Waals surface area contributed by atoms with Crippen LogP contribution in [0.5, 0.6) is 0 Å². The molecule has 0 radical (unpaired) electrons. The Kier molecular flexibility index (Phi) is 3.38. The Hall–Kier alpha value is -2.35. The van der Waals surface area contributed by atoms with Crippen LogP contribution in [0.4, 0.5) is 10.2 Å². The van der Waals surface area contributed by atoms with Crippen LogP contribution in [-0.2, 0) is 0 Å². The van der Waals surface area contributed by atoms with E-state index in [0.29, 0.717) is 17.0 Å². The van der Waals surface area contributed by atoms with Crippen molar-refractivity contribution in [2.75, 3.05) is 14.1 Å². The van der Waals surface area contributed by atoms with Crippen LogP contribution in [0.25, 0.3) is 11.2 Å². The maximum Gasteiger partial charge on any atom is 0.184 e. The Morgan fingerprint density at radius 3 is 2.90 bits per heavy atom. The summed E-state index contributed by atoms with van der Waals surface area (Å²) in [6.45, 7) is 0. The van der Waals surface area contributed by atoms with Crippen LogP contribution < -0.4 is 0 Å². The van der Waals surface area contributed by atoms with Crippen molar-refractivity contribution in [3.05, 3.63) is 24.6 Å². The first kappa shape index (κ1) is 13.6. The first-order chi connectivity index (χ1) is 10.1. The number of fused-ring (bicyclic) bond motifs is 1. The Morgan fingerprint density at radius 2 is 2.24 bits per heavy atom. The number of hydrogen-bond acceptors (Lipinski definition) is 5. The number of aromatic nitrogens is 4. The van der Waals surface area contributed by atoms with Gasteiger partial charge in [0.25, 0.3) is 0 Å². The highest BCUT2D eigenvalue weighted by atomic mass is 19.1. The van der Waals surface area contributed by atoms with Crippen molar-refractivity contribution in [3.63, 3.8) is 0 Å². The number of aliphatic hydroxyl groups excluding tert-OH is 1. The van der Waals surface area contributed by atoms with Gasteiger partial charge in [-0.15, -0.1) is 0 Å². The van der Waals surface area contributed by atoms with E-state index < -0.39 is 11.9 Å². The van der Waals surface area contributed by atoms with E-state index in [1.165, 1.54) is 12.4 Å². The van der Waals surface area contributed by atoms with Crippen LogP contribution in [0.1, 0.15) is 12.5 Å². The minimum Gasteiger partial charge on any atom is -0.386 e. The monoisotopic (exact) mass is 290 g/mol. The van der Waals surface area contributed by atoms with E-state index in [-0.39, 0.29) is 12.5 Å². The molecule has 0 aliphatic heterocycles. The molecule has 2 aromatic heterocycles. The number of imidazole rings is 1. The number of aliphatic imine (C=N–C) groups is 1. The molecular formula is C13H15FN6O. The van der Waals surface area contributed by atoms with E-state index in [9.17, 15) is 9.50 Å². The van der Waals surface area contributed by atoms with Gasteiger partial charge in [-0.3, -0.25) is 0 Å². The largest absolute Gasteiger partial charge is 0.386 e. The van der Waals surface area contributed by atoms with E-state index in [2.05, 4.69) is 19.9 Å². The predicted octanol–water partition coefficient (Wildman–Crippen LogP) is 1.21. The zero-order chi connectivity index (χ0) is 15.0. The van der Waals surface area contributed by atoms with Gasteiger partial charge in [0.05, 0.1) is 18.7 Å². The molecule has 0 amide bonds. The van der Waals surface area contributed by atoms with Crippen molar-refractivity contribution < 1.29 is 9.50 Å². The fourth-order valence-corrected chi connectivity index (χ4v) is 2.25. The molecule has 0 unspecified atom stereocenters. The lowest BCUT2D eigenvalue weighted by atomic mass is 10.2. The fourth-order valence-electron chi connectivity index (χ4n) is 2.25. The lowest BCUT2D eigenvalue weighted by Gasteiger charge is -2.10. The van der Waals surface area contributed by atoms with Crippen LogP contribution >= 0.6 is 0 Å². The highest BCUT2D eigenvalue weighted by Crippen LogP contribution is 2.32. The zero-order valence-corrected chi connectivity index (χ0v) is 11.7. The molecule has 2 aromatic rings. The molecule has 1 aliphatic rings. The third-order valence-corrected chi connectivity index (χ3v) is 3.24. The first-order valence-electron chi connectivity index (χ1n) is 6.49. The minimum atomic E-state index is -1.06. The molecule has 21 heavy (non-hydrogen) atoms. The molecular weight excluding hydrogens is 275 g/mol. The van der Waals surface area contributed by atoms with E-state index in [0.717, 1.165) is 0 Å². The molecule has 3 rings (SSSR count).